The topological polar surface area (TPSA) is 44.0 Å². The molecule has 0 aliphatic carbocycles. The molecular weight excluding hydrogens is 219 g/mol. The zero-order chi connectivity index (χ0) is 11.0. The lowest BCUT2D eigenvalue weighted by atomic mass is 10.3. The van der Waals surface area contributed by atoms with Crippen molar-refractivity contribution in [2.45, 2.75) is 0 Å². The van der Waals surface area contributed by atoms with Crippen molar-refractivity contribution in [1.29, 1.82) is 0 Å². The van der Waals surface area contributed by atoms with Crippen molar-refractivity contribution in [1.82, 2.24) is 8.52 Å². The molecule has 4 nitrogen and oxygen atoms in total. The Morgan fingerprint density at radius 1 is 1.33 bits per heavy atom. The van der Waals surface area contributed by atoms with Gasteiger partial charge in [-0.15, -0.1) is 0 Å². The van der Waals surface area contributed by atoms with Crippen molar-refractivity contribution in [2.24, 2.45) is 7.05 Å². The number of halogens is 1. The van der Waals surface area contributed by atoms with E-state index in [-0.39, 0.29) is 4.87 Å². The van der Waals surface area contributed by atoms with Gasteiger partial charge >= 0.3 is 10.6 Å². The van der Waals surface area contributed by atoms with Gasteiger partial charge in [-0.2, -0.15) is 0 Å². The summed E-state index contributed by atoms with van der Waals surface area (Å²) < 4.78 is 15.0. The van der Waals surface area contributed by atoms with E-state index in [9.17, 15) is 14.0 Å². The molecule has 0 saturated heterocycles. The minimum absolute atomic E-state index is 0.364. The third-order valence-electron chi connectivity index (χ3n) is 1.95. The largest absolute Gasteiger partial charge is 0.345 e. The van der Waals surface area contributed by atoms with Gasteiger partial charge in [0, 0.05) is 18.6 Å². The van der Waals surface area contributed by atoms with Gasteiger partial charge in [0.25, 0.3) is 0 Å². The summed E-state index contributed by atoms with van der Waals surface area (Å²) in [6, 6.07) is 5.54. The van der Waals surface area contributed by atoms with Crippen LogP contribution in [0.5, 0.6) is 0 Å². The van der Waals surface area contributed by atoms with E-state index in [2.05, 4.69) is 0 Å². The maximum Gasteiger partial charge on any atom is 0.345 e. The number of aromatic nitrogens is 2. The van der Waals surface area contributed by atoms with Crippen molar-refractivity contribution in [3.05, 3.63) is 50.2 Å². The number of nitrogens with zero attached hydrogens (tertiary/aromatic N) is 2. The summed E-state index contributed by atoms with van der Waals surface area (Å²) in [5, 5.41) is 0. The van der Waals surface area contributed by atoms with Gasteiger partial charge in [-0.3, -0.25) is 9.36 Å². The molecule has 6 heteroatoms. The highest BCUT2D eigenvalue weighted by atomic mass is 32.1. The molecule has 0 radical (unpaired) electrons. The Balaban J connectivity index is 2.70. The average Bonchev–Trinajstić information content (AvgIpc) is 2.46. The van der Waals surface area contributed by atoms with Crippen LogP contribution in [0.4, 0.5) is 4.39 Å². The Morgan fingerprint density at radius 3 is 2.60 bits per heavy atom. The van der Waals surface area contributed by atoms with E-state index in [0.29, 0.717) is 5.69 Å². The lowest BCUT2D eigenvalue weighted by Crippen LogP contribution is -2.25. The van der Waals surface area contributed by atoms with Crippen LogP contribution < -0.4 is 10.6 Å². The van der Waals surface area contributed by atoms with E-state index < -0.39 is 11.5 Å². The lowest BCUT2D eigenvalue weighted by molar-refractivity contribution is 0.626. The second kappa shape index (κ2) is 3.47. The van der Waals surface area contributed by atoms with Gasteiger partial charge in [0.1, 0.15) is 5.82 Å². The van der Waals surface area contributed by atoms with Crippen molar-refractivity contribution in [3.63, 3.8) is 0 Å². The standard InChI is InChI=1S/C9H7FN2O2S/c1-11-8(13)12(15-9(11)14)7-4-2-3-6(10)5-7/h2-5H,1H3. The minimum atomic E-state index is -0.462. The molecule has 0 aliphatic rings. The molecule has 0 aliphatic heterocycles. The van der Waals surface area contributed by atoms with E-state index in [0.717, 1.165) is 20.1 Å². The fourth-order valence-electron chi connectivity index (χ4n) is 1.16. The highest BCUT2D eigenvalue weighted by Crippen LogP contribution is 2.08. The Labute approximate surface area is 88.0 Å². The molecule has 0 unspecified atom stereocenters. The van der Waals surface area contributed by atoms with Crippen molar-refractivity contribution in [2.75, 3.05) is 0 Å². The van der Waals surface area contributed by atoms with Gasteiger partial charge in [-0.25, -0.2) is 13.1 Å². The van der Waals surface area contributed by atoms with Crippen LogP contribution in [-0.2, 0) is 7.05 Å². The SMILES string of the molecule is Cn1c(=O)sn(-c2cccc(F)c2)c1=O. The Bertz CT molecular complexity index is 611. The third kappa shape index (κ3) is 1.63. The molecule has 0 atom stereocenters. The van der Waals surface area contributed by atoms with Crippen LogP contribution >= 0.6 is 11.5 Å². The molecule has 0 amide bonds. The first kappa shape index (κ1) is 9.85. The van der Waals surface area contributed by atoms with E-state index in [1.807, 2.05) is 0 Å². The molecule has 0 saturated carbocycles. The van der Waals surface area contributed by atoms with Crippen molar-refractivity contribution in [3.8, 4) is 5.69 Å². The van der Waals surface area contributed by atoms with Crippen LogP contribution in [0.1, 0.15) is 0 Å². The molecule has 1 aromatic carbocycles. The van der Waals surface area contributed by atoms with E-state index >= 15 is 0 Å². The van der Waals surface area contributed by atoms with Crippen LogP contribution in [-0.4, -0.2) is 8.52 Å². The van der Waals surface area contributed by atoms with Gasteiger partial charge in [0.2, 0.25) is 0 Å². The van der Waals surface area contributed by atoms with E-state index in [1.54, 1.807) is 6.07 Å². The summed E-state index contributed by atoms with van der Waals surface area (Å²) in [6.07, 6.45) is 0. The van der Waals surface area contributed by atoms with Gasteiger partial charge < -0.3 is 0 Å². The van der Waals surface area contributed by atoms with Gasteiger partial charge in [-0.05, 0) is 18.2 Å². The zero-order valence-electron chi connectivity index (χ0n) is 7.81. The highest BCUT2D eigenvalue weighted by Gasteiger charge is 2.08. The predicted molar refractivity (Wildman–Crippen MR) is 55.1 cm³/mol. The maximum atomic E-state index is 12.9. The quantitative estimate of drug-likeness (QED) is 0.719. The number of hydrogen-bond acceptors (Lipinski definition) is 3. The first-order valence-corrected chi connectivity index (χ1v) is 4.92. The highest BCUT2D eigenvalue weighted by molar-refractivity contribution is 7.03. The molecule has 0 bridgehead atoms. The first-order chi connectivity index (χ1) is 7.09. The van der Waals surface area contributed by atoms with Gasteiger partial charge in [-0.1, -0.05) is 6.07 Å². The molecule has 0 N–H and O–H groups in total. The lowest BCUT2D eigenvalue weighted by Gasteiger charge is -1.98. The van der Waals surface area contributed by atoms with Crippen LogP contribution in [0.3, 0.4) is 0 Å². The first-order valence-electron chi connectivity index (χ1n) is 4.15. The van der Waals surface area contributed by atoms with Crippen LogP contribution in [0.25, 0.3) is 5.69 Å². The normalized spacial score (nSPS) is 10.5. The molecule has 1 aromatic heterocycles. The number of rotatable bonds is 1. The van der Waals surface area contributed by atoms with Crippen LogP contribution in [0.2, 0.25) is 0 Å². The fourth-order valence-corrected chi connectivity index (χ4v) is 1.93. The molecule has 2 rings (SSSR count). The molecule has 0 spiro atoms. The molecule has 1 heterocycles. The Kier molecular flexibility index (Phi) is 2.28. The smallest absolute Gasteiger partial charge is 0.255 e. The van der Waals surface area contributed by atoms with E-state index in [1.165, 1.54) is 25.2 Å². The zero-order valence-corrected chi connectivity index (χ0v) is 8.62. The molecule has 78 valence electrons. The Hall–Kier alpha value is -1.69. The third-order valence-corrected chi connectivity index (χ3v) is 2.93. The molecule has 15 heavy (non-hydrogen) atoms. The summed E-state index contributed by atoms with van der Waals surface area (Å²) in [5.41, 5.74) is -0.0988. The summed E-state index contributed by atoms with van der Waals surface area (Å²) in [5.74, 6) is -0.442. The second-order valence-corrected chi connectivity index (χ2v) is 3.87. The van der Waals surface area contributed by atoms with Crippen molar-refractivity contribution >= 4 is 11.5 Å². The molecular formula is C9H7FN2O2S. The predicted octanol–water partition coefficient (Wildman–Crippen LogP) is 0.737. The minimum Gasteiger partial charge on any atom is -0.255 e. The van der Waals surface area contributed by atoms with Crippen LogP contribution in [0, 0.1) is 5.82 Å². The molecule has 2 aromatic rings. The van der Waals surface area contributed by atoms with Gasteiger partial charge in [0.15, 0.2) is 0 Å². The van der Waals surface area contributed by atoms with E-state index in [4.69, 9.17) is 0 Å². The van der Waals surface area contributed by atoms with Crippen LogP contribution in [0.15, 0.2) is 33.9 Å². The summed E-state index contributed by atoms with van der Waals surface area (Å²) in [4.78, 5) is 22.3. The fraction of sp³-hybridized carbons (Fsp3) is 0.111. The monoisotopic (exact) mass is 226 g/mol. The number of hydrogen-bond donors (Lipinski definition) is 0. The Morgan fingerprint density at radius 2 is 2.07 bits per heavy atom. The maximum absolute atomic E-state index is 12.9. The average molecular weight is 226 g/mol. The second-order valence-electron chi connectivity index (χ2n) is 2.97. The summed E-state index contributed by atoms with van der Waals surface area (Å²) in [7, 11) is 1.39. The summed E-state index contributed by atoms with van der Waals surface area (Å²) >= 11 is 0.748. The van der Waals surface area contributed by atoms with Gasteiger partial charge in [0.05, 0.1) is 5.69 Å². The number of benzene rings is 1. The van der Waals surface area contributed by atoms with Crippen molar-refractivity contribution < 1.29 is 4.39 Å². The molecule has 0 fully saturated rings. The summed E-state index contributed by atoms with van der Waals surface area (Å²) in [6.45, 7) is 0.